The lowest BCUT2D eigenvalue weighted by Crippen LogP contribution is -2.31. The Bertz CT molecular complexity index is 1080. The molecule has 3 rings (SSSR count). The molecule has 0 aliphatic heterocycles. The second-order valence-electron chi connectivity index (χ2n) is 8.37. The van der Waals surface area contributed by atoms with Gasteiger partial charge < -0.3 is 10.3 Å². The highest BCUT2D eigenvalue weighted by Gasteiger charge is 2.17. The number of benzene rings is 2. The normalized spacial score (nSPS) is 11.6. The molecule has 0 saturated carbocycles. The fourth-order valence-corrected chi connectivity index (χ4v) is 3.64. The van der Waals surface area contributed by atoms with Crippen molar-refractivity contribution >= 4 is 22.5 Å². The fourth-order valence-electron chi connectivity index (χ4n) is 3.64. The summed E-state index contributed by atoms with van der Waals surface area (Å²) in [5, 5.41) is 3.69. The van der Waals surface area contributed by atoms with Gasteiger partial charge in [-0.3, -0.25) is 14.5 Å². The molecule has 0 bridgehead atoms. The van der Waals surface area contributed by atoms with Gasteiger partial charge in [0.05, 0.1) is 24.0 Å². The first kappa shape index (κ1) is 21.7. The Hall–Kier alpha value is -2.99. The van der Waals surface area contributed by atoms with E-state index in [2.05, 4.69) is 55.1 Å². The lowest BCUT2D eigenvalue weighted by molar-refractivity contribution is -0.117. The zero-order valence-electron chi connectivity index (χ0n) is 18.3. The topological polar surface area (TPSA) is 78.1 Å². The number of nitrogens with one attached hydrogen (secondary N) is 2. The van der Waals surface area contributed by atoms with Gasteiger partial charge in [0.1, 0.15) is 5.82 Å². The fraction of sp³-hybridized carbons (Fsp3) is 0.375. The Balaban J connectivity index is 1.74. The SMILES string of the molecule is CC(C)c1cccc(C(C)C)c1NC(=O)CN(C)Cc1nc2ccccc2c(=O)[nH]1. The van der Waals surface area contributed by atoms with E-state index in [0.29, 0.717) is 35.1 Å². The Kier molecular flexibility index (Phi) is 6.67. The number of para-hydroxylation sites is 2. The summed E-state index contributed by atoms with van der Waals surface area (Å²) in [6, 6.07) is 13.4. The second-order valence-corrected chi connectivity index (χ2v) is 8.37. The van der Waals surface area contributed by atoms with Crippen LogP contribution >= 0.6 is 0 Å². The van der Waals surface area contributed by atoms with Gasteiger partial charge in [0, 0.05) is 5.69 Å². The minimum Gasteiger partial charge on any atom is -0.324 e. The summed E-state index contributed by atoms with van der Waals surface area (Å²) in [6.45, 7) is 9.08. The average Bonchev–Trinajstić information content (AvgIpc) is 2.67. The van der Waals surface area contributed by atoms with Gasteiger partial charge in [-0.05, 0) is 42.1 Å². The molecule has 0 aliphatic rings. The standard InChI is InChI=1S/C24H30N4O2/c1-15(2)17-10-8-11-18(16(3)4)23(17)27-22(29)14-28(5)13-21-25-20-12-7-6-9-19(20)24(30)26-21/h6-12,15-16H,13-14H2,1-5H3,(H,27,29)(H,25,26,30). The summed E-state index contributed by atoms with van der Waals surface area (Å²) in [6.07, 6.45) is 0. The number of nitrogens with zero attached hydrogens (tertiary/aromatic N) is 2. The summed E-state index contributed by atoms with van der Waals surface area (Å²) < 4.78 is 0. The summed E-state index contributed by atoms with van der Waals surface area (Å²) >= 11 is 0. The Morgan fingerprint density at radius 1 is 1.03 bits per heavy atom. The van der Waals surface area contributed by atoms with Crippen molar-refractivity contribution in [2.45, 2.75) is 46.1 Å². The molecule has 1 heterocycles. The Morgan fingerprint density at radius 3 is 2.30 bits per heavy atom. The van der Waals surface area contributed by atoms with Gasteiger partial charge in [-0.15, -0.1) is 0 Å². The lowest BCUT2D eigenvalue weighted by atomic mass is 9.92. The zero-order valence-corrected chi connectivity index (χ0v) is 18.3. The number of carbonyl (C=O) groups is 1. The number of aromatic amines is 1. The van der Waals surface area contributed by atoms with E-state index in [9.17, 15) is 9.59 Å². The number of amides is 1. The van der Waals surface area contributed by atoms with Gasteiger partial charge in [-0.25, -0.2) is 4.98 Å². The third-order valence-corrected chi connectivity index (χ3v) is 5.13. The van der Waals surface area contributed by atoms with Crippen molar-refractivity contribution in [1.82, 2.24) is 14.9 Å². The van der Waals surface area contributed by atoms with Crippen LogP contribution in [0.3, 0.4) is 0 Å². The number of carbonyl (C=O) groups excluding carboxylic acids is 1. The first-order valence-corrected chi connectivity index (χ1v) is 10.4. The summed E-state index contributed by atoms with van der Waals surface area (Å²) in [7, 11) is 1.84. The molecule has 2 N–H and O–H groups in total. The second kappa shape index (κ2) is 9.22. The summed E-state index contributed by atoms with van der Waals surface area (Å²) in [5.41, 5.74) is 3.68. The van der Waals surface area contributed by atoms with E-state index >= 15 is 0 Å². The van der Waals surface area contributed by atoms with Crippen LogP contribution in [0.1, 0.15) is 56.5 Å². The first-order chi connectivity index (χ1) is 14.3. The molecule has 0 atom stereocenters. The number of likely N-dealkylation sites (N-methyl/N-ethyl adjacent to an activating group) is 1. The first-order valence-electron chi connectivity index (χ1n) is 10.4. The maximum atomic E-state index is 12.8. The molecule has 6 nitrogen and oxygen atoms in total. The maximum Gasteiger partial charge on any atom is 0.258 e. The van der Waals surface area contributed by atoms with Crippen molar-refractivity contribution in [3.63, 3.8) is 0 Å². The van der Waals surface area contributed by atoms with E-state index in [1.807, 2.05) is 36.2 Å². The van der Waals surface area contributed by atoms with E-state index in [1.165, 1.54) is 0 Å². The molecule has 6 heteroatoms. The predicted octanol–water partition coefficient (Wildman–Crippen LogP) is 4.24. The van der Waals surface area contributed by atoms with Gasteiger partial charge in [-0.1, -0.05) is 58.0 Å². The van der Waals surface area contributed by atoms with E-state index in [0.717, 1.165) is 16.8 Å². The minimum atomic E-state index is -0.166. The van der Waals surface area contributed by atoms with Crippen LogP contribution in [0.4, 0.5) is 5.69 Å². The van der Waals surface area contributed by atoms with Crippen LogP contribution in [0.5, 0.6) is 0 Å². The third-order valence-electron chi connectivity index (χ3n) is 5.13. The van der Waals surface area contributed by atoms with Crippen LogP contribution < -0.4 is 10.9 Å². The molecule has 1 aromatic heterocycles. The van der Waals surface area contributed by atoms with E-state index in [1.54, 1.807) is 6.07 Å². The van der Waals surface area contributed by atoms with Crippen LogP contribution in [-0.2, 0) is 11.3 Å². The third kappa shape index (κ3) is 4.94. The molecule has 0 spiro atoms. The molecule has 30 heavy (non-hydrogen) atoms. The number of fused-ring (bicyclic) bond motifs is 1. The highest BCUT2D eigenvalue weighted by atomic mass is 16.2. The molecule has 0 unspecified atom stereocenters. The molecule has 0 aliphatic carbocycles. The molecule has 2 aromatic carbocycles. The average molecular weight is 407 g/mol. The highest BCUT2D eigenvalue weighted by molar-refractivity contribution is 5.94. The Morgan fingerprint density at radius 2 is 1.67 bits per heavy atom. The number of H-pyrrole nitrogens is 1. The van der Waals surface area contributed by atoms with Crippen LogP contribution in [-0.4, -0.2) is 34.4 Å². The van der Waals surface area contributed by atoms with E-state index < -0.39 is 0 Å². The number of anilines is 1. The number of hydrogen-bond acceptors (Lipinski definition) is 4. The molecule has 3 aromatic rings. The molecular formula is C24H30N4O2. The predicted molar refractivity (Wildman–Crippen MR) is 122 cm³/mol. The van der Waals surface area contributed by atoms with Crippen molar-refractivity contribution in [1.29, 1.82) is 0 Å². The van der Waals surface area contributed by atoms with Crippen molar-refractivity contribution in [2.24, 2.45) is 0 Å². The van der Waals surface area contributed by atoms with Crippen LogP contribution in [0, 0.1) is 0 Å². The molecule has 1 amide bonds. The van der Waals surface area contributed by atoms with Crippen molar-refractivity contribution in [2.75, 3.05) is 18.9 Å². The summed E-state index contributed by atoms with van der Waals surface area (Å²) in [4.78, 5) is 34.2. The monoisotopic (exact) mass is 406 g/mol. The quantitative estimate of drug-likeness (QED) is 0.615. The van der Waals surface area contributed by atoms with Gasteiger partial charge in [0.25, 0.3) is 5.56 Å². The van der Waals surface area contributed by atoms with Gasteiger partial charge in [0.2, 0.25) is 5.91 Å². The van der Waals surface area contributed by atoms with Crippen molar-refractivity contribution in [3.8, 4) is 0 Å². The molecule has 158 valence electrons. The van der Waals surface area contributed by atoms with Crippen molar-refractivity contribution < 1.29 is 4.79 Å². The minimum absolute atomic E-state index is 0.0874. The number of rotatable bonds is 7. The molecule has 0 fully saturated rings. The van der Waals surface area contributed by atoms with Gasteiger partial charge >= 0.3 is 0 Å². The number of aromatic nitrogens is 2. The Labute approximate surface area is 177 Å². The summed E-state index contributed by atoms with van der Waals surface area (Å²) in [5.74, 6) is 1.07. The smallest absolute Gasteiger partial charge is 0.258 e. The largest absolute Gasteiger partial charge is 0.324 e. The van der Waals surface area contributed by atoms with Crippen molar-refractivity contribution in [3.05, 3.63) is 69.8 Å². The molecular weight excluding hydrogens is 376 g/mol. The van der Waals surface area contributed by atoms with Gasteiger partial charge in [-0.2, -0.15) is 0 Å². The van der Waals surface area contributed by atoms with E-state index in [4.69, 9.17) is 0 Å². The molecule has 0 saturated heterocycles. The number of hydrogen-bond donors (Lipinski definition) is 2. The van der Waals surface area contributed by atoms with Crippen LogP contribution in [0.15, 0.2) is 47.3 Å². The molecule has 0 radical (unpaired) electrons. The van der Waals surface area contributed by atoms with Crippen LogP contribution in [0.2, 0.25) is 0 Å². The lowest BCUT2D eigenvalue weighted by Gasteiger charge is -2.22. The van der Waals surface area contributed by atoms with Crippen LogP contribution in [0.25, 0.3) is 10.9 Å². The van der Waals surface area contributed by atoms with E-state index in [-0.39, 0.29) is 18.0 Å². The highest BCUT2D eigenvalue weighted by Crippen LogP contribution is 2.32. The zero-order chi connectivity index (χ0) is 21.8. The maximum absolute atomic E-state index is 12.8. The van der Waals surface area contributed by atoms with Gasteiger partial charge in [0.15, 0.2) is 0 Å².